The molecule has 0 spiro atoms. The molecule has 0 saturated heterocycles. The number of rotatable bonds is 6. The Balaban J connectivity index is 2.80. The standard InChI is InChI=1S/C13H18O6S/c1-4-18-13(15)12(14)10(3)19-20(16,17)11-7-5-9(2)6-8-11/h5-8,10,12,14H,4H2,1-3H3/t10-,12-/m1/s1. The fraction of sp³-hybridized carbons (Fsp3) is 0.462. The first-order valence-electron chi connectivity index (χ1n) is 6.12. The Hall–Kier alpha value is -1.44. The Labute approximate surface area is 118 Å². The lowest BCUT2D eigenvalue weighted by atomic mass is 10.2. The SMILES string of the molecule is CCOC(=O)[C@H](O)[C@@H](C)OS(=O)(=O)c1ccc(C)cc1. The minimum Gasteiger partial charge on any atom is -0.464 e. The van der Waals surface area contributed by atoms with E-state index in [1.165, 1.54) is 19.1 Å². The van der Waals surface area contributed by atoms with Crippen LogP contribution in [-0.4, -0.2) is 38.3 Å². The van der Waals surface area contributed by atoms with Crippen LogP contribution in [-0.2, 0) is 23.8 Å². The number of esters is 1. The van der Waals surface area contributed by atoms with Gasteiger partial charge in [-0.1, -0.05) is 17.7 Å². The Kier molecular flexibility index (Phi) is 5.67. The van der Waals surface area contributed by atoms with Gasteiger partial charge in [-0.05, 0) is 32.9 Å². The second-order valence-electron chi connectivity index (χ2n) is 4.27. The molecule has 0 saturated carbocycles. The van der Waals surface area contributed by atoms with Crippen LogP contribution in [0.5, 0.6) is 0 Å². The third kappa shape index (κ3) is 4.29. The summed E-state index contributed by atoms with van der Waals surface area (Å²) in [7, 11) is -4.04. The van der Waals surface area contributed by atoms with Gasteiger partial charge in [-0.3, -0.25) is 4.18 Å². The molecule has 7 heteroatoms. The van der Waals surface area contributed by atoms with E-state index in [0.29, 0.717) is 0 Å². The number of aliphatic hydroxyl groups excluding tert-OH is 1. The monoisotopic (exact) mass is 302 g/mol. The molecule has 0 aliphatic heterocycles. The van der Waals surface area contributed by atoms with Gasteiger partial charge in [-0.15, -0.1) is 0 Å². The number of carbonyl (C=O) groups is 1. The maximum atomic E-state index is 12.0. The van der Waals surface area contributed by atoms with Gasteiger partial charge in [0, 0.05) is 0 Å². The first-order chi connectivity index (χ1) is 9.27. The van der Waals surface area contributed by atoms with Crippen molar-refractivity contribution >= 4 is 16.1 Å². The van der Waals surface area contributed by atoms with E-state index >= 15 is 0 Å². The minimum atomic E-state index is -4.04. The number of aryl methyl sites for hydroxylation is 1. The summed E-state index contributed by atoms with van der Waals surface area (Å²) in [6.45, 7) is 4.78. The van der Waals surface area contributed by atoms with E-state index in [-0.39, 0.29) is 11.5 Å². The highest BCUT2D eigenvalue weighted by atomic mass is 32.2. The molecule has 0 aromatic heterocycles. The van der Waals surface area contributed by atoms with E-state index in [4.69, 9.17) is 4.18 Å². The highest BCUT2D eigenvalue weighted by Gasteiger charge is 2.29. The zero-order valence-corrected chi connectivity index (χ0v) is 12.4. The molecule has 1 N–H and O–H groups in total. The largest absolute Gasteiger partial charge is 0.464 e. The normalized spacial score (nSPS) is 14.6. The number of benzene rings is 1. The zero-order chi connectivity index (χ0) is 15.3. The molecule has 0 unspecified atom stereocenters. The molecule has 2 atom stereocenters. The summed E-state index contributed by atoms with van der Waals surface area (Å²) >= 11 is 0. The maximum absolute atomic E-state index is 12.0. The fourth-order valence-electron chi connectivity index (χ4n) is 1.43. The van der Waals surface area contributed by atoms with Crippen molar-refractivity contribution in [3.63, 3.8) is 0 Å². The summed E-state index contributed by atoms with van der Waals surface area (Å²) in [4.78, 5) is 11.3. The average molecular weight is 302 g/mol. The van der Waals surface area contributed by atoms with Crippen molar-refractivity contribution in [1.29, 1.82) is 0 Å². The molecule has 0 fully saturated rings. The van der Waals surface area contributed by atoms with Gasteiger partial charge in [0.1, 0.15) is 6.10 Å². The first kappa shape index (κ1) is 16.6. The minimum absolute atomic E-state index is 0.0361. The third-order valence-corrected chi connectivity index (χ3v) is 3.97. The molecular weight excluding hydrogens is 284 g/mol. The smallest absolute Gasteiger partial charge is 0.337 e. The summed E-state index contributed by atoms with van der Waals surface area (Å²) < 4.78 is 33.3. The van der Waals surface area contributed by atoms with Gasteiger partial charge in [0.2, 0.25) is 0 Å². The zero-order valence-electron chi connectivity index (χ0n) is 11.6. The van der Waals surface area contributed by atoms with Gasteiger partial charge >= 0.3 is 5.97 Å². The van der Waals surface area contributed by atoms with Crippen molar-refractivity contribution in [2.24, 2.45) is 0 Å². The van der Waals surface area contributed by atoms with Gasteiger partial charge < -0.3 is 9.84 Å². The first-order valence-corrected chi connectivity index (χ1v) is 7.53. The van der Waals surface area contributed by atoms with E-state index < -0.39 is 28.3 Å². The van der Waals surface area contributed by atoms with E-state index in [9.17, 15) is 18.3 Å². The molecule has 112 valence electrons. The topological polar surface area (TPSA) is 89.9 Å². The number of ether oxygens (including phenoxy) is 1. The molecule has 6 nitrogen and oxygen atoms in total. The van der Waals surface area contributed by atoms with Gasteiger partial charge in [0.15, 0.2) is 6.10 Å². The molecule has 1 aromatic rings. The summed E-state index contributed by atoms with van der Waals surface area (Å²) in [6, 6.07) is 6.05. The van der Waals surface area contributed by atoms with Crippen LogP contribution in [0.25, 0.3) is 0 Å². The highest BCUT2D eigenvalue weighted by molar-refractivity contribution is 7.86. The molecule has 20 heavy (non-hydrogen) atoms. The summed E-state index contributed by atoms with van der Waals surface area (Å²) in [6.07, 6.45) is -2.89. The van der Waals surface area contributed by atoms with Crippen molar-refractivity contribution in [1.82, 2.24) is 0 Å². The Morgan fingerprint density at radius 2 is 1.85 bits per heavy atom. The summed E-state index contributed by atoms with van der Waals surface area (Å²) in [5, 5.41) is 9.61. The molecule has 0 aliphatic carbocycles. The highest BCUT2D eigenvalue weighted by Crippen LogP contribution is 2.16. The summed E-state index contributed by atoms with van der Waals surface area (Å²) in [5.74, 6) is -0.917. The van der Waals surface area contributed by atoms with Gasteiger partial charge in [0.25, 0.3) is 10.1 Å². The molecule has 0 radical (unpaired) electrons. The Bertz CT molecular complexity index is 549. The molecular formula is C13H18O6S. The van der Waals surface area contributed by atoms with E-state index in [1.807, 2.05) is 6.92 Å². The molecule has 0 heterocycles. The van der Waals surface area contributed by atoms with Crippen LogP contribution in [0.1, 0.15) is 19.4 Å². The maximum Gasteiger partial charge on any atom is 0.337 e. The second kappa shape index (κ2) is 6.83. The quantitative estimate of drug-likeness (QED) is 0.623. The molecule has 0 bridgehead atoms. The van der Waals surface area contributed by atoms with E-state index in [1.54, 1.807) is 19.1 Å². The van der Waals surface area contributed by atoms with Crippen LogP contribution in [0, 0.1) is 6.92 Å². The Morgan fingerprint density at radius 1 is 1.30 bits per heavy atom. The predicted molar refractivity (Wildman–Crippen MR) is 71.6 cm³/mol. The van der Waals surface area contributed by atoms with Crippen LogP contribution in [0.3, 0.4) is 0 Å². The van der Waals surface area contributed by atoms with Crippen LogP contribution < -0.4 is 0 Å². The average Bonchev–Trinajstić information content (AvgIpc) is 2.38. The lowest BCUT2D eigenvalue weighted by Gasteiger charge is -2.17. The van der Waals surface area contributed by atoms with E-state index in [2.05, 4.69) is 4.74 Å². The summed E-state index contributed by atoms with van der Waals surface area (Å²) in [5.41, 5.74) is 0.906. The fourth-order valence-corrected chi connectivity index (χ4v) is 2.52. The van der Waals surface area contributed by atoms with Crippen LogP contribution in [0.15, 0.2) is 29.2 Å². The van der Waals surface area contributed by atoms with Crippen molar-refractivity contribution in [3.8, 4) is 0 Å². The van der Waals surface area contributed by atoms with Crippen LogP contribution in [0.2, 0.25) is 0 Å². The van der Waals surface area contributed by atoms with Crippen molar-refractivity contribution < 1.29 is 27.2 Å². The molecule has 0 amide bonds. The third-order valence-electron chi connectivity index (χ3n) is 2.56. The molecule has 0 aliphatic rings. The Morgan fingerprint density at radius 3 is 2.35 bits per heavy atom. The number of aliphatic hydroxyl groups is 1. The number of carbonyl (C=O) groups excluding carboxylic acids is 1. The van der Waals surface area contributed by atoms with Crippen LogP contribution in [0.4, 0.5) is 0 Å². The van der Waals surface area contributed by atoms with Crippen molar-refractivity contribution in [3.05, 3.63) is 29.8 Å². The number of hydrogen-bond donors (Lipinski definition) is 1. The van der Waals surface area contributed by atoms with Gasteiger partial charge in [0.05, 0.1) is 11.5 Å². The lowest BCUT2D eigenvalue weighted by molar-refractivity contribution is -0.157. The van der Waals surface area contributed by atoms with Crippen LogP contribution >= 0.6 is 0 Å². The lowest BCUT2D eigenvalue weighted by Crippen LogP contribution is -2.36. The number of hydrogen-bond acceptors (Lipinski definition) is 6. The van der Waals surface area contributed by atoms with Crippen molar-refractivity contribution in [2.75, 3.05) is 6.61 Å². The van der Waals surface area contributed by atoms with Gasteiger partial charge in [-0.2, -0.15) is 8.42 Å². The second-order valence-corrected chi connectivity index (χ2v) is 5.84. The molecule has 1 rings (SSSR count). The van der Waals surface area contributed by atoms with E-state index in [0.717, 1.165) is 5.56 Å². The van der Waals surface area contributed by atoms with Crippen molar-refractivity contribution in [2.45, 2.75) is 37.9 Å². The van der Waals surface area contributed by atoms with Gasteiger partial charge in [-0.25, -0.2) is 4.79 Å². The molecule has 1 aromatic carbocycles. The predicted octanol–water partition coefficient (Wildman–Crippen LogP) is 1.01.